The quantitative estimate of drug-likeness (QED) is 0.615. The molecule has 0 saturated carbocycles. The molecule has 0 spiro atoms. The summed E-state index contributed by atoms with van der Waals surface area (Å²) >= 11 is 0. The minimum absolute atomic E-state index is 0.0716. The van der Waals surface area contributed by atoms with Crippen molar-refractivity contribution < 1.29 is 18.1 Å². The van der Waals surface area contributed by atoms with Crippen LogP contribution in [0, 0.1) is 21.4 Å². The van der Waals surface area contributed by atoms with Gasteiger partial charge in [0.2, 0.25) is 0 Å². The van der Waals surface area contributed by atoms with Gasteiger partial charge >= 0.3 is 6.18 Å². The van der Waals surface area contributed by atoms with Gasteiger partial charge in [-0.15, -0.1) is 0 Å². The molecule has 0 unspecified atom stereocenters. The lowest BCUT2D eigenvalue weighted by Crippen LogP contribution is -2.26. The van der Waals surface area contributed by atoms with Gasteiger partial charge < -0.3 is 4.90 Å². The number of halogens is 3. The minimum atomic E-state index is -4.69. The molecule has 0 N–H and O–H groups in total. The van der Waals surface area contributed by atoms with Gasteiger partial charge in [-0.3, -0.25) is 10.1 Å². The third-order valence-corrected chi connectivity index (χ3v) is 2.71. The third kappa shape index (κ3) is 3.60. The molecular weight excluding hydrogens is 275 g/mol. The summed E-state index contributed by atoms with van der Waals surface area (Å²) in [5.74, 6) is 0. The summed E-state index contributed by atoms with van der Waals surface area (Å²) in [7, 11) is 0. The SMILES string of the molecule is CCN(CCC#N)c1ccc([N+](=O)[O-])cc1C(F)(F)F. The number of non-ortho nitro benzene ring substituents is 1. The van der Waals surface area contributed by atoms with Crippen LogP contribution < -0.4 is 4.90 Å². The molecule has 5 nitrogen and oxygen atoms in total. The highest BCUT2D eigenvalue weighted by atomic mass is 19.4. The Kier molecular flexibility index (Phi) is 4.91. The molecule has 0 amide bonds. The molecule has 0 fully saturated rings. The Hall–Kier alpha value is -2.30. The number of hydrogen-bond acceptors (Lipinski definition) is 4. The molecule has 1 rings (SSSR count). The number of anilines is 1. The Morgan fingerprint density at radius 3 is 2.55 bits per heavy atom. The van der Waals surface area contributed by atoms with Crippen LogP contribution in [0.5, 0.6) is 0 Å². The van der Waals surface area contributed by atoms with E-state index in [2.05, 4.69) is 0 Å². The molecule has 0 aliphatic rings. The van der Waals surface area contributed by atoms with Crippen LogP contribution in [-0.4, -0.2) is 18.0 Å². The average Bonchev–Trinajstić information content (AvgIpc) is 2.38. The van der Waals surface area contributed by atoms with E-state index in [1.807, 2.05) is 6.07 Å². The van der Waals surface area contributed by atoms with E-state index in [1.165, 1.54) is 4.90 Å². The van der Waals surface area contributed by atoms with Gasteiger partial charge in [-0.2, -0.15) is 18.4 Å². The third-order valence-electron chi connectivity index (χ3n) is 2.71. The first-order valence-electron chi connectivity index (χ1n) is 5.78. The summed E-state index contributed by atoms with van der Waals surface area (Å²) in [6, 6.07) is 4.48. The topological polar surface area (TPSA) is 70.2 Å². The van der Waals surface area contributed by atoms with Crippen LogP contribution in [0.15, 0.2) is 18.2 Å². The van der Waals surface area contributed by atoms with Crippen molar-refractivity contribution in [1.82, 2.24) is 0 Å². The fourth-order valence-corrected chi connectivity index (χ4v) is 1.77. The van der Waals surface area contributed by atoms with Gasteiger partial charge in [0, 0.05) is 30.9 Å². The number of benzene rings is 1. The van der Waals surface area contributed by atoms with Crippen molar-refractivity contribution >= 4 is 11.4 Å². The van der Waals surface area contributed by atoms with Crippen molar-refractivity contribution in [1.29, 1.82) is 5.26 Å². The van der Waals surface area contributed by atoms with Crippen molar-refractivity contribution in [3.63, 3.8) is 0 Å². The molecule has 0 aliphatic heterocycles. The predicted molar refractivity (Wildman–Crippen MR) is 66.2 cm³/mol. The highest BCUT2D eigenvalue weighted by molar-refractivity contribution is 5.59. The van der Waals surface area contributed by atoms with Crippen LogP contribution >= 0.6 is 0 Å². The summed E-state index contributed by atoms with van der Waals surface area (Å²) in [6.45, 7) is 2.05. The first kappa shape index (κ1) is 15.8. The van der Waals surface area contributed by atoms with Crippen molar-refractivity contribution in [3.05, 3.63) is 33.9 Å². The zero-order valence-electron chi connectivity index (χ0n) is 10.6. The fourth-order valence-electron chi connectivity index (χ4n) is 1.77. The Morgan fingerprint density at radius 1 is 1.45 bits per heavy atom. The molecule has 0 saturated heterocycles. The van der Waals surface area contributed by atoms with E-state index in [9.17, 15) is 23.3 Å². The predicted octanol–water partition coefficient (Wildman–Crippen LogP) is 3.35. The molecule has 0 bridgehead atoms. The number of nitro benzene ring substituents is 1. The van der Waals surface area contributed by atoms with Crippen molar-refractivity contribution in [3.8, 4) is 6.07 Å². The van der Waals surface area contributed by atoms with E-state index in [-0.39, 0.29) is 25.2 Å². The zero-order valence-corrected chi connectivity index (χ0v) is 10.6. The van der Waals surface area contributed by atoms with E-state index in [1.54, 1.807) is 6.92 Å². The second kappa shape index (κ2) is 6.23. The highest BCUT2D eigenvalue weighted by Gasteiger charge is 2.36. The zero-order chi connectivity index (χ0) is 15.3. The van der Waals surface area contributed by atoms with E-state index >= 15 is 0 Å². The summed E-state index contributed by atoms with van der Waals surface area (Å²) in [5, 5.41) is 19.1. The molecule has 1 aromatic carbocycles. The molecule has 0 aromatic heterocycles. The molecule has 8 heteroatoms. The second-order valence-corrected chi connectivity index (χ2v) is 3.94. The van der Waals surface area contributed by atoms with Crippen LogP contribution in [-0.2, 0) is 6.18 Å². The van der Waals surface area contributed by atoms with Gasteiger partial charge in [-0.1, -0.05) is 0 Å². The second-order valence-electron chi connectivity index (χ2n) is 3.94. The van der Waals surface area contributed by atoms with Gasteiger partial charge in [0.05, 0.1) is 23.0 Å². The highest BCUT2D eigenvalue weighted by Crippen LogP contribution is 2.38. The Morgan fingerprint density at radius 2 is 2.10 bits per heavy atom. The molecule has 0 radical (unpaired) electrons. The average molecular weight is 287 g/mol. The van der Waals surface area contributed by atoms with Crippen LogP contribution in [0.2, 0.25) is 0 Å². The van der Waals surface area contributed by atoms with E-state index in [0.717, 1.165) is 12.1 Å². The van der Waals surface area contributed by atoms with Gasteiger partial charge in [-0.25, -0.2) is 0 Å². The maximum Gasteiger partial charge on any atom is 0.418 e. The van der Waals surface area contributed by atoms with E-state index < -0.39 is 22.4 Å². The summed E-state index contributed by atoms with van der Waals surface area (Å²) in [5.41, 5.74) is -1.83. The van der Waals surface area contributed by atoms with E-state index in [0.29, 0.717) is 6.07 Å². The van der Waals surface area contributed by atoms with Crippen LogP contribution in [0.1, 0.15) is 18.9 Å². The standard InChI is InChI=1S/C12H12F3N3O2/c1-2-17(7-3-6-16)11-5-4-9(18(19)20)8-10(11)12(13,14)15/h4-5,8H,2-3,7H2,1H3. The number of hydrogen-bond donors (Lipinski definition) is 0. The monoisotopic (exact) mass is 287 g/mol. The summed E-state index contributed by atoms with van der Waals surface area (Å²) in [4.78, 5) is 11.1. The minimum Gasteiger partial charge on any atom is -0.370 e. The Bertz CT molecular complexity index is 538. The molecule has 0 aliphatic carbocycles. The summed E-state index contributed by atoms with van der Waals surface area (Å²) in [6.07, 6.45) is -4.62. The fraction of sp³-hybridized carbons (Fsp3) is 0.417. The lowest BCUT2D eigenvalue weighted by molar-refractivity contribution is -0.385. The largest absolute Gasteiger partial charge is 0.418 e. The molecule has 20 heavy (non-hydrogen) atoms. The van der Waals surface area contributed by atoms with Gasteiger partial charge in [0.15, 0.2) is 0 Å². The number of nitrogens with zero attached hydrogens (tertiary/aromatic N) is 3. The maximum absolute atomic E-state index is 13.0. The first-order valence-corrected chi connectivity index (χ1v) is 5.78. The number of nitro groups is 1. The van der Waals surface area contributed by atoms with E-state index in [4.69, 9.17) is 5.26 Å². The Balaban J connectivity index is 3.31. The molecule has 0 heterocycles. The Labute approximate surface area is 113 Å². The molecular formula is C12H12F3N3O2. The first-order chi connectivity index (χ1) is 9.31. The molecule has 108 valence electrons. The van der Waals surface area contributed by atoms with Crippen molar-refractivity contribution in [2.45, 2.75) is 19.5 Å². The molecule has 1 aromatic rings. The van der Waals surface area contributed by atoms with Crippen molar-refractivity contribution in [2.24, 2.45) is 0 Å². The number of nitriles is 1. The lowest BCUT2D eigenvalue weighted by atomic mass is 10.1. The van der Waals surface area contributed by atoms with Gasteiger partial charge in [-0.05, 0) is 13.0 Å². The molecule has 0 atom stereocenters. The van der Waals surface area contributed by atoms with Crippen molar-refractivity contribution in [2.75, 3.05) is 18.0 Å². The van der Waals surface area contributed by atoms with Crippen LogP contribution in [0.25, 0.3) is 0 Å². The number of alkyl halides is 3. The summed E-state index contributed by atoms with van der Waals surface area (Å²) < 4.78 is 39.0. The van der Waals surface area contributed by atoms with Gasteiger partial charge in [0.25, 0.3) is 5.69 Å². The maximum atomic E-state index is 13.0. The normalized spacial score (nSPS) is 10.9. The lowest BCUT2D eigenvalue weighted by Gasteiger charge is -2.25. The smallest absolute Gasteiger partial charge is 0.370 e. The van der Waals surface area contributed by atoms with Gasteiger partial charge in [0.1, 0.15) is 0 Å². The van der Waals surface area contributed by atoms with Crippen LogP contribution in [0.4, 0.5) is 24.5 Å². The van der Waals surface area contributed by atoms with Crippen LogP contribution in [0.3, 0.4) is 0 Å². The number of rotatable bonds is 5.